The molecule has 2 amide bonds. The molecule has 3 rings (SSSR count). The number of rotatable bonds is 0. The minimum Gasteiger partial charge on any atom is -0.587 e. The van der Waals surface area contributed by atoms with E-state index in [9.17, 15) is 9.59 Å². The second kappa shape index (κ2) is 4.80. The van der Waals surface area contributed by atoms with E-state index in [1.54, 1.807) is 12.1 Å². The molecule has 0 saturated heterocycles. The van der Waals surface area contributed by atoms with Gasteiger partial charge in [0.15, 0.2) is 0 Å². The SMILES string of the molecule is O=C1[N-]C(=O)c2cc3ccccc3cc21.[CH3-].[W+2]. The zero-order valence-corrected chi connectivity index (χ0v) is 12.1. The first-order valence-electron chi connectivity index (χ1n) is 4.59. The largest absolute Gasteiger partial charge is 2.00 e. The number of benzene rings is 2. The van der Waals surface area contributed by atoms with Crippen LogP contribution in [-0.2, 0) is 21.1 Å². The van der Waals surface area contributed by atoms with Gasteiger partial charge in [-0.25, -0.2) is 0 Å². The summed E-state index contributed by atoms with van der Waals surface area (Å²) in [6.07, 6.45) is 0. The monoisotopic (exact) mass is 395 g/mol. The van der Waals surface area contributed by atoms with Crippen LogP contribution < -0.4 is 0 Å². The van der Waals surface area contributed by atoms with Gasteiger partial charge in [0.25, 0.3) is 0 Å². The molecule has 1 aliphatic heterocycles. The Balaban J connectivity index is 0.000000722. The van der Waals surface area contributed by atoms with Gasteiger partial charge < -0.3 is 22.3 Å². The first kappa shape index (κ1) is 13.6. The topological polar surface area (TPSA) is 48.2 Å². The molecule has 0 unspecified atom stereocenters. The van der Waals surface area contributed by atoms with Crippen molar-refractivity contribution in [2.75, 3.05) is 0 Å². The van der Waals surface area contributed by atoms with E-state index in [2.05, 4.69) is 5.32 Å². The van der Waals surface area contributed by atoms with Crippen molar-refractivity contribution in [3.63, 3.8) is 0 Å². The van der Waals surface area contributed by atoms with Gasteiger partial charge in [-0.15, -0.1) is 0 Å². The van der Waals surface area contributed by atoms with Gasteiger partial charge in [-0.2, -0.15) is 0 Å². The average Bonchev–Trinajstić information content (AvgIpc) is 2.52. The standard InChI is InChI=1S/C12H7NO2.CH3.W/c14-11-9-5-7-3-1-2-4-8(7)6-10(9)12(15)13-11;;/h1-6H,(H,13,14,15);1H3;/q;-1;+2/p-1. The van der Waals surface area contributed by atoms with Crippen LogP contribution in [0.1, 0.15) is 20.7 Å². The van der Waals surface area contributed by atoms with Gasteiger partial charge in [-0.3, -0.25) is 0 Å². The Labute approximate surface area is 113 Å². The molecule has 2 aromatic carbocycles. The fraction of sp³-hybridized carbons (Fsp3) is 0. The molecule has 0 atom stereocenters. The summed E-state index contributed by atoms with van der Waals surface area (Å²) in [6.45, 7) is 0. The molecule has 0 fully saturated rings. The van der Waals surface area contributed by atoms with E-state index < -0.39 is 11.8 Å². The molecule has 3 nitrogen and oxygen atoms in total. The van der Waals surface area contributed by atoms with Crippen LogP contribution in [0.4, 0.5) is 0 Å². The van der Waals surface area contributed by atoms with Crippen LogP contribution in [-0.4, -0.2) is 11.8 Å². The van der Waals surface area contributed by atoms with Crippen LogP contribution >= 0.6 is 0 Å². The molecule has 0 aliphatic carbocycles. The Bertz CT molecular complexity index is 555. The van der Waals surface area contributed by atoms with E-state index in [0.717, 1.165) is 10.8 Å². The number of carbonyl (C=O) groups is 2. The van der Waals surface area contributed by atoms with Crippen molar-refractivity contribution >= 4 is 22.6 Å². The minimum absolute atomic E-state index is 0. The predicted octanol–water partition coefficient (Wildman–Crippen LogP) is 2.96. The van der Waals surface area contributed by atoms with Gasteiger partial charge in [0.1, 0.15) is 0 Å². The fourth-order valence-corrected chi connectivity index (χ4v) is 1.81. The third-order valence-electron chi connectivity index (χ3n) is 2.55. The molecule has 1 aliphatic rings. The molecule has 0 bridgehead atoms. The number of hydrogen-bond donors (Lipinski definition) is 0. The minimum atomic E-state index is -0.430. The normalized spacial score (nSPS) is 12.5. The van der Waals surface area contributed by atoms with Crippen LogP contribution in [0.15, 0.2) is 36.4 Å². The average molecular weight is 395 g/mol. The van der Waals surface area contributed by atoms with Crippen LogP contribution in [0.5, 0.6) is 0 Å². The number of fused-ring (bicyclic) bond motifs is 2. The Morgan fingerprint density at radius 2 is 1.24 bits per heavy atom. The van der Waals surface area contributed by atoms with Crippen LogP contribution in [0, 0.1) is 7.43 Å². The van der Waals surface area contributed by atoms with Gasteiger partial charge in [0, 0.05) is 11.1 Å². The Morgan fingerprint density at radius 1 is 0.824 bits per heavy atom. The molecule has 0 N–H and O–H groups in total. The molecular formula is C13H9NO2W. The second-order valence-corrected chi connectivity index (χ2v) is 3.47. The fourth-order valence-electron chi connectivity index (χ4n) is 1.81. The zero-order chi connectivity index (χ0) is 10.4. The van der Waals surface area contributed by atoms with Gasteiger partial charge in [0.05, 0.1) is 11.8 Å². The summed E-state index contributed by atoms with van der Waals surface area (Å²) < 4.78 is 0. The first-order chi connectivity index (χ1) is 7.25. The summed E-state index contributed by atoms with van der Waals surface area (Å²) in [7, 11) is 0. The van der Waals surface area contributed by atoms with Gasteiger partial charge in [-0.1, -0.05) is 24.3 Å². The van der Waals surface area contributed by atoms with E-state index in [0.29, 0.717) is 11.1 Å². The van der Waals surface area contributed by atoms with E-state index in [-0.39, 0.29) is 28.5 Å². The van der Waals surface area contributed by atoms with Crippen molar-refractivity contribution in [3.8, 4) is 0 Å². The Morgan fingerprint density at radius 3 is 1.65 bits per heavy atom. The molecule has 2 aromatic rings. The van der Waals surface area contributed by atoms with Crippen LogP contribution in [0.25, 0.3) is 16.1 Å². The molecule has 0 saturated carbocycles. The molecule has 84 valence electrons. The van der Waals surface area contributed by atoms with Crippen molar-refractivity contribution in [1.82, 2.24) is 0 Å². The van der Waals surface area contributed by atoms with Gasteiger partial charge in [-0.05, 0) is 22.9 Å². The molecule has 0 radical (unpaired) electrons. The van der Waals surface area contributed by atoms with Crippen LogP contribution in [0.2, 0.25) is 0 Å². The maximum atomic E-state index is 11.3. The first-order valence-corrected chi connectivity index (χ1v) is 4.59. The molecule has 4 heteroatoms. The number of carbonyl (C=O) groups excluding carboxylic acids is 2. The molecule has 0 aromatic heterocycles. The molecule has 0 spiro atoms. The van der Waals surface area contributed by atoms with Gasteiger partial charge >= 0.3 is 21.1 Å². The van der Waals surface area contributed by atoms with Crippen molar-refractivity contribution in [1.29, 1.82) is 0 Å². The smallest absolute Gasteiger partial charge is 0.587 e. The zero-order valence-electron chi connectivity index (χ0n) is 9.14. The van der Waals surface area contributed by atoms with Crippen molar-refractivity contribution in [2.45, 2.75) is 0 Å². The van der Waals surface area contributed by atoms with Crippen LogP contribution in [0.3, 0.4) is 0 Å². The Kier molecular flexibility index (Phi) is 3.84. The van der Waals surface area contributed by atoms with E-state index in [4.69, 9.17) is 0 Å². The second-order valence-electron chi connectivity index (χ2n) is 3.47. The maximum absolute atomic E-state index is 11.3. The van der Waals surface area contributed by atoms with E-state index in [1.165, 1.54) is 0 Å². The number of nitrogens with zero attached hydrogens (tertiary/aromatic N) is 1. The van der Waals surface area contributed by atoms with E-state index in [1.807, 2.05) is 24.3 Å². The maximum Gasteiger partial charge on any atom is 2.00 e. The third kappa shape index (κ3) is 2.03. The molecular weight excluding hydrogens is 386 g/mol. The summed E-state index contributed by atoms with van der Waals surface area (Å²) in [5.74, 6) is -0.860. The summed E-state index contributed by atoms with van der Waals surface area (Å²) in [5, 5.41) is 5.31. The number of amides is 2. The summed E-state index contributed by atoms with van der Waals surface area (Å²) in [5.41, 5.74) is 0.831. The number of hydrogen-bond acceptors (Lipinski definition) is 2. The van der Waals surface area contributed by atoms with Crippen molar-refractivity contribution < 1.29 is 30.7 Å². The van der Waals surface area contributed by atoms with E-state index >= 15 is 0 Å². The third-order valence-corrected chi connectivity index (χ3v) is 2.55. The van der Waals surface area contributed by atoms with Gasteiger partial charge in [0.2, 0.25) is 0 Å². The van der Waals surface area contributed by atoms with Crippen molar-refractivity contribution in [2.24, 2.45) is 0 Å². The quantitative estimate of drug-likeness (QED) is 0.509. The molecule has 17 heavy (non-hydrogen) atoms. The summed E-state index contributed by atoms with van der Waals surface area (Å²) >= 11 is 0. The Hall–Kier alpha value is -1.47. The predicted molar refractivity (Wildman–Crippen MR) is 62.4 cm³/mol. The summed E-state index contributed by atoms with van der Waals surface area (Å²) in [6, 6.07) is 11.1. The molecule has 1 heterocycles. The summed E-state index contributed by atoms with van der Waals surface area (Å²) in [4.78, 5) is 22.7. The van der Waals surface area contributed by atoms with Crippen molar-refractivity contribution in [3.05, 3.63) is 60.3 Å². The number of imide groups is 1.